The van der Waals surface area contributed by atoms with Gasteiger partial charge in [-0.15, -0.1) is 0 Å². The van der Waals surface area contributed by atoms with Gasteiger partial charge in [-0.3, -0.25) is 0 Å². The van der Waals surface area contributed by atoms with Crippen molar-refractivity contribution in [3.05, 3.63) is 28.2 Å². The fourth-order valence-electron chi connectivity index (χ4n) is 2.73. The average Bonchev–Trinajstić information content (AvgIpc) is 2.33. The Hall–Kier alpha value is -0.540. The van der Waals surface area contributed by atoms with Crippen molar-refractivity contribution in [1.82, 2.24) is 0 Å². The van der Waals surface area contributed by atoms with Crippen molar-refractivity contribution < 1.29 is 0 Å². The molecule has 0 aliphatic carbocycles. The molecule has 1 fully saturated rings. The van der Waals surface area contributed by atoms with E-state index in [0.717, 1.165) is 18.9 Å². The summed E-state index contributed by atoms with van der Waals surface area (Å²) in [5, 5.41) is 0. The third kappa shape index (κ3) is 3.07. The molecule has 2 atom stereocenters. The summed E-state index contributed by atoms with van der Waals surface area (Å²) in [5.74, 6) is 0.789. The van der Waals surface area contributed by atoms with Crippen LogP contribution in [-0.2, 0) is 6.42 Å². The van der Waals surface area contributed by atoms with Crippen molar-refractivity contribution in [2.45, 2.75) is 39.2 Å². The lowest BCUT2D eigenvalue weighted by Gasteiger charge is -2.39. The van der Waals surface area contributed by atoms with Gasteiger partial charge >= 0.3 is 0 Å². The highest BCUT2D eigenvalue weighted by atomic mass is 79.9. The summed E-state index contributed by atoms with van der Waals surface area (Å²) < 4.78 is 1.20. The van der Waals surface area contributed by atoms with Crippen molar-refractivity contribution >= 4 is 21.6 Å². The second-order valence-corrected chi connectivity index (χ2v) is 6.36. The third-order valence-corrected chi connectivity index (χ3v) is 4.51. The molecular formula is C15H23BrN2. The second kappa shape index (κ2) is 6.07. The van der Waals surface area contributed by atoms with Gasteiger partial charge < -0.3 is 10.6 Å². The average molecular weight is 311 g/mol. The maximum absolute atomic E-state index is 5.61. The molecule has 0 bridgehead atoms. The van der Waals surface area contributed by atoms with Crippen molar-refractivity contribution in [3.8, 4) is 0 Å². The van der Waals surface area contributed by atoms with Crippen LogP contribution in [0.4, 0.5) is 5.69 Å². The van der Waals surface area contributed by atoms with E-state index in [9.17, 15) is 0 Å². The van der Waals surface area contributed by atoms with E-state index in [1.807, 2.05) is 0 Å². The van der Waals surface area contributed by atoms with Gasteiger partial charge in [-0.2, -0.15) is 0 Å². The number of benzene rings is 1. The summed E-state index contributed by atoms with van der Waals surface area (Å²) in [6.07, 6.45) is 3.59. The summed E-state index contributed by atoms with van der Waals surface area (Å²) in [7, 11) is 0. The van der Waals surface area contributed by atoms with Crippen LogP contribution in [0.5, 0.6) is 0 Å². The Morgan fingerprint density at radius 3 is 2.78 bits per heavy atom. The Kier molecular flexibility index (Phi) is 4.68. The Morgan fingerprint density at radius 2 is 2.11 bits per heavy atom. The molecule has 1 aliphatic heterocycles. The minimum Gasteiger partial charge on any atom is -0.368 e. The van der Waals surface area contributed by atoms with Gasteiger partial charge in [0.25, 0.3) is 0 Å². The van der Waals surface area contributed by atoms with Crippen LogP contribution in [0.25, 0.3) is 0 Å². The largest absolute Gasteiger partial charge is 0.368 e. The first kappa shape index (κ1) is 13.9. The van der Waals surface area contributed by atoms with Crippen molar-refractivity contribution in [3.63, 3.8) is 0 Å². The van der Waals surface area contributed by atoms with E-state index < -0.39 is 0 Å². The van der Waals surface area contributed by atoms with Crippen LogP contribution in [0.1, 0.15) is 32.3 Å². The SMILES string of the molecule is CC1CCC(C)N(c2ccc(CCN)cc2Br)C1. The number of anilines is 1. The number of nitrogens with zero attached hydrogens (tertiary/aromatic N) is 1. The maximum atomic E-state index is 5.61. The van der Waals surface area contributed by atoms with Crippen molar-refractivity contribution in [2.75, 3.05) is 18.0 Å². The molecule has 1 heterocycles. The first-order chi connectivity index (χ1) is 8.61. The highest BCUT2D eigenvalue weighted by Gasteiger charge is 2.24. The van der Waals surface area contributed by atoms with Crippen LogP contribution >= 0.6 is 15.9 Å². The second-order valence-electron chi connectivity index (χ2n) is 5.51. The molecule has 1 aromatic carbocycles. The molecule has 0 saturated carbocycles. The van der Waals surface area contributed by atoms with Crippen molar-refractivity contribution in [1.29, 1.82) is 0 Å². The minimum absolute atomic E-state index is 0.637. The first-order valence-corrected chi connectivity index (χ1v) is 7.66. The van der Waals surface area contributed by atoms with Gasteiger partial charge in [-0.1, -0.05) is 13.0 Å². The molecular weight excluding hydrogens is 288 g/mol. The quantitative estimate of drug-likeness (QED) is 0.924. The number of piperidine rings is 1. The molecule has 3 heteroatoms. The summed E-state index contributed by atoms with van der Waals surface area (Å²) in [6, 6.07) is 7.30. The zero-order valence-corrected chi connectivity index (χ0v) is 12.9. The zero-order chi connectivity index (χ0) is 13.1. The molecule has 2 nitrogen and oxygen atoms in total. The number of hydrogen-bond donors (Lipinski definition) is 1. The van der Waals surface area contributed by atoms with E-state index in [0.29, 0.717) is 12.6 Å². The number of rotatable bonds is 3. The van der Waals surface area contributed by atoms with E-state index in [-0.39, 0.29) is 0 Å². The molecule has 18 heavy (non-hydrogen) atoms. The van der Waals surface area contributed by atoms with Crippen LogP contribution in [0.15, 0.2) is 22.7 Å². The van der Waals surface area contributed by atoms with E-state index in [1.54, 1.807) is 0 Å². The normalized spacial score (nSPS) is 24.3. The highest BCUT2D eigenvalue weighted by Crippen LogP contribution is 2.33. The van der Waals surface area contributed by atoms with Crippen molar-refractivity contribution in [2.24, 2.45) is 11.7 Å². The zero-order valence-electron chi connectivity index (χ0n) is 11.3. The molecule has 1 saturated heterocycles. The Labute approximate surface area is 119 Å². The molecule has 2 unspecified atom stereocenters. The standard InChI is InChI=1S/C15H23BrN2/c1-11-3-4-12(2)18(10-11)15-6-5-13(7-8-17)9-14(15)16/h5-6,9,11-12H,3-4,7-8,10,17H2,1-2H3. The topological polar surface area (TPSA) is 29.3 Å². The summed E-state index contributed by atoms with van der Waals surface area (Å²) >= 11 is 3.72. The molecule has 1 aliphatic rings. The molecule has 100 valence electrons. The van der Waals surface area contributed by atoms with E-state index in [2.05, 4.69) is 52.9 Å². The Bertz CT molecular complexity index is 405. The van der Waals surface area contributed by atoms with Crippen LogP contribution in [-0.4, -0.2) is 19.1 Å². The Balaban J connectivity index is 2.21. The molecule has 0 radical (unpaired) electrons. The molecule has 0 aromatic heterocycles. The highest BCUT2D eigenvalue weighted by molar-refractivity contribution is 9.10. The smallest absolute Gasteiger partial charge is 0.0513 e. The van der Waals surface area contributed by atoms with Gasteiger partial charge in [0, 0.05) is 17.1 Å². The third-order valence-electron chi connectivity index (χ3n) is 3.87. The van der Waals surface area contributed by atoms with Gasteiger partial charge in [0.15, 0.2) is 0 Å². The summed E-state index contributed by atoms with van der Waals surface area (Å²) in [4.78, 5) is 2.53. The lowest BCUT2D eigenvalue weighted by molar-refractivity contribution is 0.390. The van der Waals surface area contributed by atoms with Gasteiger partial charge in [-0.05, 0) is 72.3 Å². The fraction of sp³-hybridized carbons (Fsp3) is 0.600. The lowest BCUT2D eigenvalue weighted by Crippen LogP contribution is -2.41. The van der Waals surface area contributed by atoms with Gasteiger partial charge in [0.1, 0.15) is 0 Å². The summed E-state index contributed by atoms with van der Waals surface area (Å²) in [5.41, 5.74) is 8.25. The van der Waals surface area contributed by atoms with Gasteiger partial charge in [0.2, 0.25) is 0 Å². The molecule has 1 aromatic rings. The predicted octanol–water partition coefficient (Wildman–Crippen LogP) is 3.58. The van der Waals surface area contributed by atoms with E-state index >= 15 is 0 Å². The maximum Gasteiger partial charge on any atom is 0.0513 e. The summed E-state index contributed by atoms with van der Waals surface area (Å²) in [6.45, 7) is 6.54. The number of halogens is 1. The molecule has 0 spiro atoms. The lowest BCUT2D eigenvalue weighted by atomic mass is 9.94. The predicted molar refractivity (Wildman–Crippen MR) is 82.1 cm³/mol. The molecule has 2 rings (SSSR count). The molecule has 0 amide bonds. The minimum atomic E-state index is 0.637. The van der Waals surface area contributed by atoms with E-state index in [1.165, 1.54) is 28.6 Å². The number of nitrogens with two attached hydrogens (primary N) is 1. The monoisotopic (exact) mass is 310 g/mol. The fourth-order valence-corrected chi connectivity index (χ4v) is 3.38. The molecule has 2 N–H and O–H groups in total. The van der Waals surface area contributed by atoms with Gasteiger partial charge in [0.05, 0.1) is 5.69 Å². The van der Waals surface area contributed by atoms with Crippen LogP contribution in [0, 0.1) is 5.92 Å². The first-order valence-electron chi connectivity index (χ1n) is 6.87. The van der Waals surface area contributed by atoms with E-state index in [4.69, 9.17) is 5.73 Å². The Morgan fingerprint density at radius 1 is 1.33 bits per heavy atom. The van der Waals surface area contributed by atoms with Crippen LogP contribution in [0.2, 0.25) is 0 Å². The number of hydrogen-bond acceptors (Lipinski definition) is 2. The van der Waals surface area contributed by atoms with Crippen LogP contribution < -0.4 is 10.6 Å². The van der Waals surface area contributed by atoms with Crippen LogP contribution in [0.3, 0.4) is 0 Å². The van der Waals surface area contributed by atoms with Gasteiger partial charge in [-0.25, -0.2) is 0 Å².